The van der Waals surface area contributed by atoms with Crippen LogP contribution in [0.3, 0.4) is 0 Å². The van der Waals surface area contributed by atoms with E-state index in [1.54, 1.807) is 0 Å². The van der Waals surface area contributed by atoms with Crippen LogP contribution in [0.25, 0.3) is 0 Å². The van der Waals surface area contributed by atoms with Gasteiger partial charge in [-0.15, -0.1) is 0 Å². The highest BCUT2D eigenvalue weighted by Crippen LogP contribution is 2.29. The molecule has 2 aliphatic rings. The summed E-state index contributed by atoms with van der Waals surface area (Å²) in [5, 5.41) is 3.27. The monoisotopic (exact) mass is 328 g/mol. The number of ketones is 1. The minimum atomic E-state index is -0.596. The molecule has 4 heteroatoms. The van der Waals surface area contributed by atoms with E-state index < -0.39 is 5.54 Å². The van der Waals surface area contributed by atoms with Crippen LogP contribution in [0.1, 0.15) is 57.4 Å². The van der Waals surface area contributed by atoms with Crippen molar-refractivity contribution in [2.75, 3.05) is 6.54 Å². The number of hydrogen-bond acceptors (Lipinski definition) is 3. The molecule has 1 unspecified atom stereocenters. The van der Waals surface area contributed by atoms with Crippen molar-refractivity contribution in [2.24, 2.45) is 0 Å². The Morgan fingerprint density at radius 2 is 1.92 bits per heavy atom. The van der Waals surface area contributed by atoms with Gasteiger partial charge >= 0.3 is 0 Å². The maximum atomic E-state index is 13.0. The van der Waals surface area contributed by atoms with Crippen LogP contribution in [0.5, 0.6) is 0 Å². The summed E-state index contributed by atoms with van der Waals surface area (Å²) in [7, 11) is 0. The highest BCUT2D eigenvalue weighted by Gasteiger charge is 2.43. The molecule has 1 atom stereocenters. The van der Waals surface area contributed by atoms with E-state index in [0.29, 0.717) is 32.0 Å². The Morgan fingerprint density at radius 3 is 2.62 bits per heavy atom. The number of hydrogen-bond donors (Lipinski definition) is 1. The van der Waals surface area contributed by atoms with Crippen LogP contribution < -0.4 is 5.32 Å². The van der Waals surface area contributed by atoms with Crippen molar-refractivity contribution in [1.82, 2.24) is 10.2 Å². The lowest BCUT2D eigenvalue weighted by atomic mass is 9.85. The molecule has 1 aliphatic carbocycles. The molecule has 4 nitrogen and oxygen atoms in total. The Morgan fingerprint density at radius 1 is 1.21 bits per heavy atom. The normalized spacial score (nSPS) is 26.3. The lowest BCUT2D eigenvalue weighted by molar-refractivity contribution is -0.141. The van der Waals surface area contributed by atoms with E-state index in [1.807, 2.05) is 25.1 Å². The average Bonchev–Trinajstić information content (AvgIpc) is 2.60. The summed E-state index contributed by atoms with van der Waals surface area (Å²) >= 11 is 0. The van der Waals surface area contributed by atoms with Gasteiger partial charge < -0.3 is 5.32 Å². The number of carbonyl (C=O) groups is 2. The van der Waals surface area contributed by atoms with Crippen LogP contribution in [-0.2, 0) is 16.1 Å². The van der Waals surface area contributed by atoms with Gasteiger partial charge in [-0.25, -0.2) is 0 Å². The predicted molar refractivity (Wildman–Crippen MR) is 94.5 cm³/mol. The smallest absolute Gasteiger partial charge is 0.240 e. The van der Waals surface area contributed by atoms with Crippen molar-refractivity contribution >= 4 is 11.7 Å². The molecule has 1 aliphatic heterocycles. The van der Waals surface area contributed by atoms with Crippen molar-refractivity contribution in [2.45, 2.75) is 70.0 Å². The Bertz CT molecular complexity index is 581. The van der Waals surface area contributed by atoms with Crippen molar-refractivity contribution in [3.8, 4) is 0 Å². The second kappa shape index (κ2) is 7.47. The highest BCUT2D eigenvalue weighted by molar-refractivity contribution is 5.90. The zero-order chi connectivity index (χ0) is 17.0. The molecule has 1 aromatic carbocycles. The van der Waals surface area contributed by atoms with Gasteiger partial charge in [0.15, 0.2) is 0 Å². The molecule has 1 N–H and O–H groups in total. The fourth-order valence-electron chi connectivity index (χ4n) is 3.89. The summed E-state index contributed by atoms with van der Waals surface area (Å²) in [5.74, 6) is 0.326. The zero-order valence-electron chi connectivity index (χ0n) is 14.6. The average molecular weight is 328 g/mol. The maximum absolute atomic E-state index is 13.0. The van der Waals surface area contributed by atoms with Gasteiger partial charge in [0.2, 0.25) is 5.91 Å². The summed E-state index contributed by atoms with van der Waals surface area (Å²) < 4.78 is 0. The van der Waals surface area contributed by atoms with Gasteiger partial charge in [-0.1, -0.05) is 49.6 Å². The molecular weight excluding hydrogens is 300 g/mol. The first-order valence-electron chi connectivity index (χ1n) is 9.19. The number of amides is 1. The molecule has 2 fully saturated rings. The summed E-state index contributed by atoms with van der Waals surface area (Å²) in [5.41, 5.74) is 0.546. The van der Waals surface area contributed by atoms with Crippen molar-refractivity contribution in [3.05, 3.63) is 35.9 Å². The summed E-state index contributed by atoms with van der Waals surface area (Å²) in [6.45, 7) is 3.01. The molecule has 130 valence electrons. The van der Waals surface area contributed by atoms with Gasteiger partial charge in [-0.2, -0.15) is 0 Å². The van der Waals surface area contributed by atoms with Crippen molar-refractivity contribution in [1.29, 1.82) is 0 Å². The van der Waals surface area contributed by atoms with E-state index >= 15 is 0 Å². The number of nitrogens with one attached hydrogen (secondary N) is 1. The number of benzene rings is 1. The van der Waals surface area contributed by atoms with E-state index in [4.69, 9.17) is 0 Å². The third-order valence-corrected chi connectivity index (χ3v) is 5.60. The summed E-state index contributed by atoms with van der Waals surface area (Å²) in [4.78, 5) is 27.1. The number of nitrogens with zero attached hydrogens (tertiary/aromatic N) is 1. The molecule has 24 heavy (non-hydrogen) atoms. The first-order chi connectivity index (χ1) is 11.6. The van der Waals surface area contributed by atoms with E-state index in [9.17, 15) is 9.59 Å². The topological polar surface area (TPSA) is 49.4 Å². The number of carbonyl (C=O) groups excluding carboxylic acids is 2. The fourth-order valence-corrected chi connectivity index (χ4v) is 3.89. The van der Waals surface area contributed by atoms with Gasteiger partial charge in [-0.3, -0.25) is 14.5 Å². The Labute approximate surface area is 144 Å². The van der Waals surface area contributed by atoms with Gasteiger partial charge in [0.1, 0.15) is 5.78 Å². The zero-order valence-corrected chi connectivity index (χ0v) is 14.6. The van der Waals surface area contributed by atoms with Gasteiger partial charge in [0.05, 0.1) is 12.1 Å². The number of rotatable bonds is 4. The maximum Gasteiger partial charge on any atom is 0.240 e. The van der Waals surface area contributed by atoms with Gasteiger partial charge in [0, 0.05) is 19.0 Å². The molecule has 1 aromatic rings. The molecule has 1 saturated heterocycles. The predicted octanol–water partition coefficient (Wildman–Crippen LogP) is 3.06. The van der Waals surface area contributed by atoms with Crippen LogP contribution in [0.4, 0.5) is 0 Å². The molecule has 0 spiro atoms. The van der Waals surface area contributed by atoms with Crippen LogP contribution >= 0.6 is 0 Å². The summed E-state index contributed by atoms with van der Waals surface area (Å²) in [6, 6.07) is 10.4. The standard InChI is InChI=1S/C20H28N2O2/c1-20(19(24)21-17-10-6-3-7-11-17)13-12-18(23)15-22(20)14-16-8-4-2-5-9-16/h2,4-5,8-9,17H,3,6-7,10-15H2,1H3,(H,21,24). The molecule has 1 heterocycles. The lowest BCUT2D eigenvalue weighted by Crippen LogP contribution is -2.61. The van der Waals surface area contributed by atoms with E-state index in [1.165, 1.54) is 19.3 Å². The third-order valence-electron chi connectivity index (χ3n) is 5.60. The molecule has 1 amide bonds. The second-order valence-corrected chi connectivity index (χ2v) is 7.46. The molecular formula is C20H28N2O2. The lowest BCUT2D eigenvalue weighted by Gasteiger charge is -2.43. The minimum Gasteiger partial charge on any atom is -0.352 e. The van der Waals surface area contributed by atoms with Crippen LogP contribution in [0.15, 0.2) is 30.3 Å². The van der Waals surface area contributed by atoms with Crippen LogP contribution in [0, 0.1) is 0 Å². The highest BCUT2D eigenvalue weighted by atomic mass is 16.2. The van der Waals surface area contributed by atoms with Gasteiger partial charge in [0.25, 0.3) is 0 Å². The SMILES string of the molecule is CC1(C(=O)NC2CCCCC2)CCC(=O)CN1Cc1ccccc1. The number of Topliss-reactive ketones (excluding diaryl/α,β-unsaturated/α-hetero) is 1. The van der Waals surface area contributed by atoms with Crippen LogP contribution in [-0.4, -0.2) is 34.7 Å². The van der Waals surface area contributed by atoms with E-state index in [0.717, 1.165) is 18.4 Å². The Hall–Kier alpha value is -1.68. The first kappa shape index (κ1) is 17.2. The van der Waals surface area contributed by atoms with Crippen LogP contribution in [0.2, 0.25) is 0 Å². The Kier molecular flexibility index (Phi) is 5.34. The molecule has 0 radical (unpaired) electrons. The van der Waals surface area contributed by atoms with E-state index in [2.05, 4.69) is 22.3 Å². The van der Waals surface area contributed by atoms with Gasteiger partial charge in [-0.05, 0) is 31.7 Å². The minimum absolute atomic E-state index is 0.0952. The van der Waals surface area contributed by atoms with E-state index in [-0.39, 0.29) is 11.7 Å². The molecule has 3 rings (SSSR count). The fraction of sp³-hybridized carbons (Fsp3) is 0.600. The Balaban J connectivity index is 1.73. The quantitative estimate of drug-likeness (QED) is 0.924. The molecule has 0 bridgehead atoms. The molecule has 1 saturated carbocycles. The van der Waals surface area contributed by atoms with Crippen molar-refractivity contribution in [3.63, 3.8) is 0 Å². The van der Waals surface area contributed by atoms with Crippen molar-refractivity contribution < 1.29 is 9.59 Å². The largest absolute Gasteiger partial charge is 0.352 e. The molecule has 0 aromatic heterocycles. The number of likely N-dealkylation sites (tertiary alicyclic amines) is 1. The second-order valence-electron chi connectivity index (χ2n) is 7.46. The number of piperidine rings is 1. The summed E-state index contributed by atoms with van der Waals surface area (Å²) in [6.07, 6.45) is 6.95. The first-order valence-corrected chi connectivity index (χ1v) is 9.19. The third kappa shape index (κ3) is 3.86.